The van der Waals surface area contributed by atoms with Crippen LogP contribution in [0.5, 0.6) is 5.75 Å². The number of hydrogen-bond acceptors (Lipinski definition) is 4. The number of ether oxygens (including phenoxy) is 1. The van der Waals surface area contributed by atoms with Gasteiger partial charge in [0.15, 0.2) is 0 Å². The Labute approximate surface area is 111 Å². The first-order valence-corrected chi connectivity index (χ1v) is 6.15. The normalized spacial score (nSPS) is 10.2. The number of aromatic nitrogens is 3. The molecule has 1 aromatic heterocycles. The fourth-order valence-corrected chi connectivity index (χ4v) is 1.62. The van der Waals surface area contributed by atoms with E-state index < -0.39 is 0 Å². The fourth-order valence-electron chi connectivity index (χ4n) is 1.62. The maximum Gasteiger partial charge on any atom is 0.251 e. The van der Waals surface area contributed by atoms with Crippen molar-refractivity contribution in [3.63, 3.8) is 0 Å². The standard InChI is InChI=1S/C13H16N4O2/c1-2-19-11-5-3-10(4-6-11)13(18)14-8-7-12-15-9-16-17-12/h3-6,9H,2,7-8H2,1H3,(H,14,18)(H,15,16,17). The number of carbonyl (C=O) groups is 1. The van der Waals surface area contributed by atoms with Crippen LogP contribution in [-0.2, 0) is 6.42 Å². The second-order valence-electron chi connectivity index (χ2n) is 3.90. The Morgan fingerprint density at radius 2 is 2.16 bits per heavy atom. The summed E-state index contributed by atoms with van der Waals surface area (Å²) in [5.74, 6) is 1.41. The van der Waals surface area contributed by atoms with Crippen LogP contribution in [0.3, 0.4) is 0 Å². The monoisotopic (exact) mass is 260 g/mol. The van der Waals surface area contributed by atoms with E-state index in [1.165, 1.54) is 6.33 Å². The number of carbonyl (C=O) groups excluding carboxylic acids is 1. The SMILES string of the molecule is CCOc1ccc(C(=O)NCCc2ncn[nH]2)cc1. The molecule has 0 saturated carbocycles. The van der Waals surface area contributed by atoms with Crippen molar-refractivity contribution >= 4 is 5.91 Å². The molecule has 100 valence electrons. The minimum Gasteiger partial charge on any atom is -0.494 e. The third-order valence-electron chi connectivity index (χ3n) is 2.54. The van der Waals surface area contributed by atoms with E-state index >= 15 is 0 Å². The lowest BCUT2D eigenvalue weighted by molar-refractivity contribution is 0.0954. The molecular formula is C13H16N4O2. The van der Waals surface area contributed by atoms with Gasteiger partial charge in [-0.3, -0.25) is 9.89 Å². The minimum absolute atomic E-state index is 0.109. The lowest BCUT2D eigenvalue weighted by atomic mass is 10.2. The van der Waals surface area contributed by atoms with Gasteiger partial charge in [-0.05, 0) is 31.2 Å². The first-order chi connectivity index (χ1) is 9.29. The number of nitrogens with one attached hydrogen (secondary N) is 2. The number of benzene rings is 1. The Bertz CT molecular complexity index is 508. The van der Waals surface area contributed by atoms with Crippen molar-refractivity contribution in [3.8, 4) is 5.75 Å². The predicted octanol–water partition coefficient (Wildman–Crippen LogP) is 1.18. The first kappa shape index (κ1) is 13.1. The lowest BCUT2D eigenvalue weighted by Crippen LogP contribution is -2.25. The molecule has 0 spiro atoms. The maximum absolute atomic E-state index is 11.8. The summed E-state index contributed by atoms with van der Waals surface area (Å²) in [6, 6.07) is 7.06. The molecule has 0 bridgehead atoms. The fraction of sp³-hybridized carbons (Fsp3) is 0.308. The summed E-state index contributed by atoms with van der Waals surface area (Å²) < 4.78 is 5.32. The van der Waals surface area contributed by atoms with Gasteiger partial charge < -0.3 is 10.1 Å². The van der Waals surface area contributed by atoms with E-state index in [-0.39, 0.29) is 5.91 Å². The highest BCUT2D eigenvalue weighted by atomic mass is 16.5. The molecule has 2 aromatic rings. The van der Waals surface area contributed by atoms with Gasteiger partial charge in [0.1, 0.15) is 17.9 Å². The number of nitrogens with zero attached hydrogens (tertiary/aromatic N) is 2. The van der Waals surface area contributed by atoms with E-state index in [0.717, 1.165) is 11.6 Å². The van der Waals surface area contributed by atoms with E-state index in [1.807, 2.05) is 6.92 Å². The lowest BCUT2D eigenvalue weighted by Gasteiger charge is -2.06. The quantitative estimate of drug-likeness (QED) is 0.817. The zero-order valence-electron chi connectivity index (χ0n) is 10.7. The summed E-state index contributed by atoms with van der Waals surface area (Å²) in [5.41, 5.74) is 0.612. The van der Waals surface area contributed by atoms with Crippen molar-refractivity contribution < 1.29 is 9.53 Å². The summed E-state index contributed by atoms with van der Waals surface area (Å²) >= 11 is 0. The molecule has 1 heterocycles. The number of amides is 1. The van der Waals surface area contributed by atoms with E-state index in [2.05, 4.69) is 20.5 Å². The van der Waals surface area contributed by atoms with Gasteiger partial charge in [0, 0.05) is 18.5 Å². The van der Waals surface area contributed by atoms with Crippen LogP contribution in [0, 0.1) is 0 Å². The van der Waals surface area contributed by atoms with Crippen LogP contribution in [0.4, 0.5) is 0 Å². The van der Waals surface area contributed by atoms with Crippen LogP contribution in [0.2, 0.25) is 0 Å². The van der Waals surface area contributed by atoms with Gasteiger partial charge in [0.05, 0.1) is 6.61 Å². The van der Waals surface area contributed by atoms with E-state index in [0.29, 0.717) is 25.1 Å². The predicted molar refractivity (Wildman–Crippen MR) is 70.0 cm³/mol. The van der Waals surface area contributed by atoms with Crippen LogP contribution in [-0.4, -0.2) is 34.2 Å². The molecule has 0 unspecified atom stereocenters. The van der Waals surface area contributed by atoms with Crippen LogP contribution in [0.1, 0.15) is 23.1 Å². The minimum atomic E-state index is -0.109. The Hall–Kier alpha value is -2.37. The Morgan fingerprint density at radius 3 is 2.79 bits per heavy atom. The van der Waals surface area contributed by atoms with Gasteiger partial charge in [-0.2, -0.15) is 5.10 Å². The molecule has 0 atom stereocenters. The van der Waals surface area contributed by atoms with Gasteiger partial charge in [-0.25, -0.2) is 4.98 Å². The van der Waals surface area contributed by atoms with Crippen molar-refractivity contribution in [1.29, 1.82) is 0 Å². The van der Waals surface area contributed by atoms with Crippen LogP contribution in [0.15, 0.2) is 30.6 Å². The van der Waals surface area contributed by atoms with Crippen LogP contribution >= 0.6 is 0 Å². The summed E-state index contributed by atoms with van der Waals surface area (Å²) in [5, 5.41) is 9.31. The molecule has 6 nitrogen and oxygen atoms in total. The average molecular weight is 260 g/mol. The Kier molecular flexibility index (Phi) is 4.49. The summed E-state index contributed by atoms with van der Waals surface area (Å²) in [7, 11) is 0. The topological polar surface area (TPSA) is 79.9 Å². The van der Waals surface area contributed by atoms with Gasteiger partial charge in [-0.15, -0.1) is 0 Å². The van der Waals surface area contributed by atoms with Gasteiger partial charge in [-0.1, -0.05) is 0 Å². The third kappa shape index (κ3) is 3.80. The summed E-state index contributed by atoms with van der Waals surface area (Å²) in [6.07, 6.45) is 2.08. The highest BCUT2D eigenvalue weighted by molar-refractivity contribution is 5.94. The molecule has 0 saturated heterocycles. The first-order valence-electron chi connectivity index (χ1n) is 6.15. The van der Waals surface area contributed by atoms with E-state index in [1.54, 1.807) is 24.3 Å². The molecule has 0 aliphatic carbocycles. The molecule has 1 aromatic carbocycles. The zero-order chi connectivity index (χ0) is 13.5. The van der Waals surface area contributed by atoms with Gasteiger partial charge in [0.25, 0.3) is 5.91 Å². The van der Waals surface area contributed by atoms with Gasteiger partial charge >= 0.3 is 0 Å². The molecule has 19 heavy (non-hydrogen) atoms. The molecule has 2 rings (SSSR count). The van der Waals surface area contributed by atoms with E-state index in [9.17, 15) is 4.79 Å². The number of hydrogen-bond donors (Lipinski definition) is 2. The third-order valence-corrected chi connectivity index (χ3v) is 2.54. The smallest absolute Gasteiger partial charge is 0.251 e. The van der Waals surface area contributed by atoms with Crippen LogP contribution < -0.4 is 10.1 Å². The molecule has 6 heteroatoms. The molecule has 0 aliphatic heterocycles. The highest BCUT2D eigenvalue weighted by Crippen LogP contribution is 2.11. The van der Waals surface area contributed by atoms with Gasteiger partial charge in [0.2, 0.25) is 0 Å². The number of H-pyrrole nitrogens is 1. The molecule has 2 N–H and O–H groups in total. The second kappa shape index (κ2) is 6.53. The van der Waals surface area contributed by atoms with Crippen molar-refractivity contribution in [2.24, 2.45) is 0 Å². The average Bonchev–Trinajstić information content (AvgIpc) is 2.93. The zero-order valence-corrected chi connectivity index (χ0v) is 10.7. The maximum atomic E-state index is 11.8. The molecule has 0 aliphatic rings. The Morgan fingerprint density at radius 1 is 1.37 bits per heavy atom. The van der Waals surface area contributed by atoms with Crippen molar-refractivity contribution in [2.45, 2.75) is 13.3 Å². The highest BCUT2D eigenvalue weighted by Gasteiger charge is 2.05. The second-order valence-corrected chi connectivity index (χ2v) is 3.90. The summed E-state index contributed by atoms with van der Waals surface area (Å²) in [4.78, 5) is 15.8. The van der Waals surface area contributed by atoms with Crippen molar-refractivity contribution in [3.05, 3.63) is 42.0 Å². The van der Waals surface area contributed by atoms with E-state index in [4.69, 9.17) is 4.74 Å². The largest absolute Gasteiger partial charge is 0.494 e. The summed E-state index contributed by atoms with van der Waals surface area (Å²) in [6.45, 7) is 3.05. The van der Waals surface area contributed by atoms with Crippen molar-refractivity contribution in [2.75, 3.05) is 13.2 Å². The number of aromatic amines is 1. The molecule has 0 radical (unpaired) electrons. The molecule has 1 amide bonds. The van der Waals surface area contributed by atoms with Crippen LogP contribution in [0.25, 0.3) is 0 Å². The van der Waals surface area contributed by atoms with Crippen molar-refractivity contribution in [1.82, 2.24) is 20.5 Å². The number of rotatable bonds is 6. The Balaban J connectivity index is 1.82. The molecule has 0 fully saturated rings. The molecular weight excluding hydrogens is 244 g/mol.